The standard InChI is InChI=1S/C12H13Cl2N3S/c1-8(9-4-3-5-10(13)6-9)17(2)7-11-15-12(14)18-16-11/h3-6,8H,7H2,1-2H3/t8-/m1/s1. The van der Waals surface area contributed by atoms with Gasteiger partial charge in [-0.1, -0.05) is 23.7 Å². The van der Waals surface area contributed by atoms with Gasteiger partial charge >= 0.3 is 0 Å². The van der Waals surface area contributed by atoms with Crippen LogP contribution in [-0.4, -0.2) is 21.3 Å². The van der Waals surface area contributed by atoms with Crippen LogP contribution in [0.4, 0.5) is 0 Å². The van der Waals surface area contributed by atoms with Crippen molar-refractivity contribution in [3.63, 3.8) is 0 Å². The highest BCUT2D eigenvalue weighted by Crippen LogP contribution is 2.23. The SMILES string of the molecule is C[C@H](c1cccc(Cl)c1)N(C)Cc1nsc(Cl)n1. The molecule has 1 atom stereocenters. The summed E-state index contributed by atoms with van der Waals surface area (Å²) in [5, 5.41) is 0.752. The third-order valence-corrected chi connectivity index (χ3v) is 3.90. The minimum absolute atomic E-state index is 0.242. The fourth-order valence-corrected chi connectivity index (χ4v) is 2.50. The van der Waals surface area contributed by atoms with Crippen molar-refractivity contribution >= 4 is 34.7 Å². The summed E-state index contributed by atoms with van der Waals surface area (Å²) in [6.07, 6.45) is 0. The van der Waals surface area contributed by atoms with E-state index in [9.17, 15) is 0 Å². The average molecular weight is 302 g/mol. The van der Waals surface area contributed by atoms with Gasteiger partial charge in [-0.25, -0.2) is 4.98 Å². The molecule has 6 heteroatoms. The van der Waals surface area contributed by atoms with E-state index in [1.807, 2.05) is 25.2 Å². The van der Waals surface area contributed by atoms with Crippen LogP contribution in [0, 0.1) is 0 Å². The second-order valence-corrected chi connectivity index (χ2v) is 5.88. The maximum atomic E-state index is 6.00. The summed E-state index contributed by atoms with van der Waals surface area (Å²) in [5.41, 5.74) is 1.17. The lowest BCUT2D eigenvalue weighted by atomic mass is 10.1. The number of aromatic nitrogens is 2. The van der Waals surface area contributed by atoms with Crippen LogP contribution < -0.4 is 0 Å². The molecule has 18 heavy (non-hydrogen) atoms. The van der Waals surface area contributed by atoms with Gasteiger partial charge in [0.15, 0.2) is 5.82 Å². The zero-order valence-corrected chi connectivity index (χ0v) is 12.4. The summed E-state index contributed by atoms with van der Waals surface area (Å²) in [5.74, 6) is 0.751. The molecule has 0 radical (unpaired) electrons. The van der Waals surface area contributed by atoms with Gasteiger partial charge < -0.3 is 0 Å². The van der Waals surface area contributed by atoms with Crippen LogP contribution in [-0.2, 0) is 6.54 Å². The topological polar surface area (TPSA) is 29.0 Å². The van der Waals surface area contributed by atoms with Crippen LogP contribution in [0.5, 0.6) is 0 Å². The van der Waals surface area contributed by atoms with Crippen LogP contribution in [0.25, 0.3) is 0 Å². The van der Waals surface area contributed by atoms with Gasteiger partial charge in [-0.3, -0.25) is 4.90 Å². The Morgan fingerprint density at radius 3 is 2.78 bits per heavy atom. The fraction of sp³-hybridized carbons (Fsp3) is 0.333. The average Bonchev–Trinajstić information content (AvgIpc) is 2.73. The summed E-state index contributed by atoms with van der Waals surface area (Å²) >= 11 is 13.0. The Bertz CT molecular complexity index is 530. The molecule has 2 aromatic rings. The van der Waals surface area contributed by atoms with E-state index < -0.39 is 0 Å². The summed E-state index contributed by atoms with van der Waals surface area (Å²) in [7, 11) is 2.03. The quantitative estimate of drug-likeness (QED) is 0.853. The lowest BCUT2D eigenvalue weighted by Gasteiger charge is -2.23. The molecule has 0 bridgehead atoms. The van der Waals surface area contributed by atoms with E-state index in [1.165, 1.54) is 17.1 Å². The molecule has 0 saturated carbocycles. The van der Waals surface area contributed by atoms with Crippen LogP contribution in [0.1, 0.15) is 24.4 Å². The molecule has 0 N–H and O–H groups in total. The molecule has 0 amide bonds. The molecule has 0 saturated heterocycles. The Labute approximate surface area is 121 Å². The van der Waals surface area contributed by atoms with Crippen molar-refractivity contribution in [3.8, 4) is 0 Å². The molecule has 0 aliphatic rings. The zero-order valence-electron chi connectivity index (χ0n) is 10.1. The Balaban J connectivity index is 2.06. The van der Waals surface area contributed by atoms with E-state index in [4.69, 9.17) is 23.2 Å². The second-order valence-electron chi connectivity index (χ2n) is 4.11. The third-order valence-electron chi connectivity index (χ3n) is 2.83. The number of rotatable bonds is 4. The highest BCUT2D eigenvalue weighted by molar-refractivity contribution is 7.10. The predicted octanol–water partition coefficient (Wildman–Crippen LogP) is 4.04. The molecule has 1 aromatic heterocycles. The summed E-state index contributed by atoms with van der Waals surface area (Å²) in [4.78, 5) is 6.31. The Morgan fingerprint density at radius 1 is 1.39 bits per heavy atom. The lowest BCUT2D eigenvalue weighted by molar-refractivity contribution is 0.248. The van der Waals surface area contributed by atoms with Crippen molar-refractivity contribution in [2.75, 3.05) is 7.05 Å². The highest BCUT2D eigenvalue weighted by Gasteiger charge is 2.14. The highest BCUT2D eigenvalue weighted by atomic mass is 35.5. The number of hydrogen-bond donors (Lipinski definition) is 0. The summed E-state index contributed by atoms with van der Waals surface area (Å²) in [6, 6.07) is 8.11. The number of nitrogens with zero attached hydrogens (tertiary/aromatic N) is 3. The maximum Gasteiger partial charge on any atom is 0.203 e. The van der Waals surface area contributed by atoms with Crippen LogP contribution in [0.2, 0.25) is 9.49 Å². The van der Waals surface area contributed by atoms with Crippen LogP contribution in [0.15, 0.2) is 24.3 Å². The monoisotopic (exact) mass is 301 g/mol. The van der Waals surface area contributed by atoms with Gasteiger partial charge in [0.05, 0.1) is 6.54 Å². The summed E-state index contributed by atoms with van der Waals surface area (Å²) in [6.45, 7) is 2.79. The smallest absolute Gasteiger partial charge is 0.203 e. The Hall–Kier alpha value is -0.680. The van der Waals surface area contributed by atoms with E-state index >= 15 is 0 Å². The van der Waals surface area contributed by atoms with Crippen molar-refractivity contribution in [2.24, 2.45) is 0 Å². The zero-order chi connectivity index (χ0) is 13.1. The first-order valence-electron chi connectivity index (χ1n) is 5.50. The van der Waals surface area contributed by atoms with Gasteiger partial charge in [0, 0.05) is 11.1 Å². The van der Waals surface area contributed by atoms with Gasteiger partial charge in [-0.2, -0.15) is 4.37 Å². The van der Waals surface area contributed by atoms with Crippen LogP contribution >= 0.6 is 34.7 Å². The first-order valence-corrected chi connectivity index (χ1v) is 7.03. The Morgan fingerprint density at radius 2 is 2.17 bits per heavy atom. The number of benzene rings is 1. The molecule has 3 nitrogen and oxygen atoms in total. The molecular weight excluding hydrogens is 289 g/mol. The van der Waals surface area contributed by atoms with E-state index in [2.05, 4.69) is 27.2 Å². The lowest BCUT2D eigenvalue weighted by Crippen LogP contribution is -2.22. The summed E-state index contributed by atoms with van der Waals surface area (Å²) < 4.78 is 4.66. The molecule has 0 spiro atoms. The van der Waals surface area contributed by atoms with Crippen molar-refractivity contribution < 1.29 is 0 Å². The van der Waals surface area contributed by atoms with E-state index in [-0.39, 0.29) is 6.04 Å². The van der Waals surface area contributed by atoms with Gasteiger partial charge in [0.1, 0.15) is 0 Å². The molecule has 2 rings (SSSR count). The first kappa shape index (κ1) is 13.7. The molecule has 0 aliphatic heterocycles. The second kappa shape index (κ2) is 5.97. The largest absolute Gasteiger partial charge is 0.292 e. The number of hydrogen-bond acceptors (Lipinski definition) is 4. The van der Waals surface area contributed by atoms with Crippen molar-refractivity contribution in [3.05, 3.63) is 45.1 Å². The molecule has 1 aromatic carbocycles. The van der Waals surface area contributed by atoms with E-state index in [0.29, 0.717) is 11.0 Å². The van der Waals surface area contributed by atoms with Crippen molar-refractivity contribution in [1.82, 2.24) is 14.3 Å². The van der Waals surface area contributed by atoms with E-state index in [1.54, 1.807) is 0 Å². The molecule has 0 fully saturated rings. The van der Waals surface area contributed by atoms with Gasteiger partial charge in [0.2, 0.25) is 4.47 Å². The Kier molecular flexibility index (Phi) is 4.56. The fourth-order valence-electron chi connectivity index (χ4n) is 1.68. The van der Waals surface area contributed by atoms with Crippen LogP contribution in [0.3, 0.4) is 0 Å². The minimum atomic E-state index is 0.242. The normalized spacial score (nSPS) is 12.9. The maximum absolute atomic E-state index is 6.00. The third kappa shape index (κ3) is 3.42. The van der Waals surface area contributed by atoms with Crippen molar-refractivity contribution in [2.45, 2.75) is 19.5 Å². The van der Waals surface area contributed by atoms with E-state index in [0.717, 1.165) is 10.8 Å². The molecular formula is C12H13Cl2N3S. The molecule has 1 heterocycles. The number of halogens is 2. The first-order chi connectivity index (χ1) is 8.56. The van der Waals surface area contributed by atoms with Gasteiger partial charge in [-0.15, -0.1) is 0 Å². The van der Waals surface area contributed by atoms with Crippen molar-refractivity contribution in [1.29, 1.82) is 0 Å². The van der Waals surface area contributed by atoms with Gasteiger partial charge in [-0.05, 0) is 54.8 Å². The van der Waals surface area contributed by atoms with Gasteiger partial charge in [0.25, 0.3) is 0 Å². The predicted molar refractivity (Wildman–Crippen MR) is 76.3 cm³/mol. The molecule has 96 valence electrons. The molecule has 0 unspecified atom stereocenters. The minimum Gasteiger partial charge on any atom is -0.292 e. The molecule has 0 aliphatic carbocycles.